The third-order valence-electron chi connectivity index (χ3n) is 1.24. The van der Waals surface area contributed by atoms with Crippen LogP contribution >= 0.6 is 12.6 Å². The zero-order valence-electron chi connectivity index (χ0n) is 6.66. The molecule has 0 bridgehead atoms. The Hall–Kier alpha value is -0.510. The Morgan fingerprint density at radius 1 is 1.55 bits per heavy atom. The van der Waals surface area contributed by atoms with Crippen LogP contribution in [0.2, 0.25) is 0 Å². The van der Waals surface area contributed by atoms with E-state index < -0.39 is 11.9 Å². The van der Waals surface area contributed by atoms with Gasteiger partial charge in [-0.25, -0.2) is 0 Å². The number of rotatable bonds is 4. The van der Waals surface area contributed by atoms with Crippen LogP contribution in [0.15, 0.2) is 0 Å². The standard InChI is InChI=1S/C7H12O3S/c1-3-10-7(9)6(4-11)5(2)8/h6,11H,3-4H2,1-2H3. The number of ether oxygens (including phenoxy) is 1. The summed E-state index contributed by atoms with van der Waals surface area (Å²) in [4.78, 5) is 21.7. The molecule has 0 aromatic carbocycles. The van der Waals surface area contributed by atoms with Crippen molar-refractivity contribution in [2.24, 2.45) is 5.92 Å². The van der Waals surface area contributed by atoms with Crippen LogP contribution in [-0.2, 0) is 14.3 Å². The van der Waals surface area contributed by atoms with Gasteiger partial charge in [0.25, 0.3) is 0 Å². The van der Waals surface area contributed by atoms with Crippen molar-refractivity contribution in [3.8, 4) is 0 Å². The number of hydrogen-bond donors (Lipinski definition) is 1. The lowest BCUT2D eigenvalue weighted by Gasteiger charge is -2.08. The Labute approximate surface area is 71.5 Å². The molecule has 1 unspecified atom stereocenters. The smallest absolute Gasteiger partial charge is 0.317 e. The molecule has 4 heteroatoms. The van der Waals surface area contributed by atoms with Crippen LogP contribution in [0.3, 0.4) is 0 Å². The van der Waals surface area contributed by atoms with E-state index in [9.17, 15) is 9.59 Å². The van der Waals surface area contributed by atoms with Gasteiger partial charge in [-0.2, -0.15) is 12.6 Å². The van der Waals surface area contributed by atoms with E-state index >= 15 is 0 Å². The SMILES string of the molecule is CCOC(=O)C(CS)C(C)=O. The minimum atomic E-state index is -0.696. The van der Waals surface area contributed by atoms with E-state index in [0.717, 1.165) is 0 Å². The molecule has 0 aliphatic heterocycles. The number of ketones is 1. The minimum absolute atomic E-state index is 0.196. The summed E-state index contributed by atoms with van der Waals surface area (Å²) in [6.45, 7) is 3.36. The third-order valence-corrected chi connectivity index (χ3v) is 1.61. The van der Waals surface area contributed by atoms with E-state index in [1.165, 1.54) is 6.92 Å². The molecule has 0 N–H and O–H groups in total. The first-order valence-corrected chi connectivity index (χ1v) is 4.04. The molecule has 0 rings (SSSR count). The molecular formula is C7H12O3S. The van der Waals surface area contributed by atoms with E-state index in [1.807, 2.05) is 0 Å². The van der Waals surface area contributed by atoms with Crippen molar-refractivity contribution < 1.29 is 14.3 Å². The first kappa shape index (κ1) is 10.5. The fraction of sp³-hybridized carbons (Fsp3) is 0.714. The lowest BCUT2D eigenvalue weighted by atomic mass is 10.1. The van der Waals surface area contributed by atoms with E-state index in [0.29, 0.717) is 6.61 Å². The molecule has 0 heterocycles. The quantitative estimate of drug-likeness (QED) is 0.389. The van der Waals surface area contributed by atoms with Crippen molar-refractivity contribution in [3.05, 3.63) is 0 Å². The summed E-state index contributed by atoms with van der Waals surface area (Å²) in [5.74, 6) is -1.15. The van der Waals surface area contributed by atoms with E-state index in [4.69, 9.17) is 0 Å². The van der Waals surface area contributed by atoms with Crippen molar-refractivity contribution >= 4 is 24.4 Å². The van der Waals surface area contributed by atoms with Gasteiger partial charge in [0.2, 0.25) is 0 Å². The molecule has 0 spiro atoms. The van der Waals surface area contributed by atoms with Crippen molar-refractivity contribution in [1.29, 1.82) is 0 Å². The lowest BCUT2D eigenvalue weighted by Crippen LogP contribution is -2.25. The van der Waals surface area contributed by atoms with Gasteiger partial charge in [-0.15, -0.1) is 0 Å². The molecule has 0 saturated carbocycles. The highest BCUT2D eigenvalue weighted by Crippen LogP contribution is 2.03. The molecule has 0 aromatic rings. The predicted molar refractivity (Wildman–Crippen MR) is 44.7 cm³/mol. The predicted octanol–water partition coefficient (Wildman–Crippen LogP) is 0.684. The monoisotopic (exact) mass is 176 g/mol. The maximum Gasteiger partial charge on any atom is 0.317 e. The largest absolute Gasteiger partial charge is 0.465 e. The number of hydrogen-bond acceptors (Lipinski definition) is 4. The second kappa shape index (κ2) is 5.18. The lowest BCUT2D eigenvalue weighted by molar-refractivity contribution is -0.150. The molecule has 0 aliphatic carbocycles. The highest BCUT2D eigenvalue weighted by molar-refractivity contribution is 7.80. The summed E-state index contributed by atoms with van der Waals surface area (Å²) >= 11 is 3.87. The summed E-state index contributed by atoms with van der Waals surface area (Å²) in [6.07, 6.45) is 0. The Morgan fingerprint density at radius 2 is 2.09 bits per heavy atom. The van der Waals surface area contributed by atoms with Gasteiger partial charge >= 0.3 is 5.97 Å². The van der Waals surface area contributed by atoms with Crippen LogP contribution in [0, 0.1) is 5.92 Å². The molecular weight excluding hydrogens is 164 g/mol. The molecule has 0 radical (unpaired) electrons. The van der Waals surface area contributed by atoms with Crippen molar-refractivity contribution in [3.63, 3.8) is 0 Å². The normalized spacial score (nSPS) is 12.3. The Bertz CT molecular complexity index is 156. The van der Waals surface area contributed by atoms with Crippen molar-refractivity contribution in [2.75, 3.05) is 12.4 Å². The summed E-state index contributed by atoms with van der Waals surface area (Å²) in [5.41, 5.74) is 0. The number of carbonyl (C=O) groups is 2. The van der Waals surface area contributed by atoms with E-state index in [-0.39, 0.29) is 11.5 Å². The molecule has 11 heavy (non-hydrogen) atoms. The molecule has 1 atom stereocenters. The topological polar surface area (TPSA) is 43.4 Å². The first-order chi connectivity index (χ1) is 5.13. The van der Waals surface area contributed by atoms with Crippen LogP contribution in [0.5, 0.6) is 0 Å². The number of Topliss-reactive ketones (excluding diaryl/α,β-unsaturated/α-hetero) is 1. The molecule has 64 valence electrons. The fourth-order valence-electron chi connectivity index (χ4n) is 0.612. The highest BCUT2D eigenvalue weighted by atomic mass is 32.1. The number of carbonyl (C=O) groups excluding carboxylic acids is 2. The van der Waals surface area contributed by atoms with Gasteiger partial charge in [0.05, 0.1) is 6.61 Å². The molecule has 3 nitrogen and oxygen atoms in total. The van der Waals surface area contributed by atoms with Gasteiger partial charge in [0, 0.05) is 5.75 Å². The minimum Gasteiger partial charge on any atom is -0.465 e. The van der Waals surface area contributed by atoms with Crippen LogP contribution in [0.25, 0.3) is 0 Å². The van der Waals surface area contributed by atoms with Gasteiger partial charge < -0.3 is 4.74 Å². The molecule has 0 aromatic heterocycles. The van der Waals surface area contributed by atoms with Crippen LogP contribution in [-0.4, -0.2) is 24.1 Å². The van der Waals surface area contributed by atoms with E-state index in [1.54, 1.807) is 6.92 Å². The first-order valence-electron chi connectivity index (χ1n) is 3.41. The maximum atomic E-state index is 10.9. The maximum absolute atomic E-state index is 10.9. The third kappa shape index (κ3) is 3.41. The molecule has 0 saturated heterocycles. The Balaban J connectivity index is 4.03. The van der Waals surface area contributed by atoms with Gasteiger partial charge in [-0.05, 0) is 13.8 Å². The van der Waals surface area contributed by atoms with E-state index in [2.05, 4.69) is 17.4 Å². The highest BCUT2D eigenvalue weighted by Gasteiger charge is 2.22. The van der Waals surface area contributed by atoms with Crippen LogP contribution < -0.4 is 0 Å². The second-order valence-electron chi connectivity index (χ2n) is 2.10. The fourth-order valence-corrected chi connectivity index (χ4v) is 1.02. The van der Waals surface area contributed by atoms with Crippen LogP contribution in [0.1, 0.15) is 13.8 Å². The zero-order chi connectivity index (χ0) is 8.85. The zero-order valence-corrected chi connectivity index (χ0v) is 7.56. The number of esters is 1. The Morgan fingerprint density at radius 3 is 2.36 bits per heavy atom. The van der Waals surface area contributed by atoms with Gasteiger partial charge in [0.15, 0.2) is 0 Å². The van der Waals surface area contributed by atoms with Gasteiger partial charge in [0.1, 0.15) is 11.7 Å². The number of thiol groups is 1. The summed E-state index contributed by atoms with van der Waals surface area (Å²) < 4.78 is 4.65. The molecule has 0 fully saturated rings. The molecule has 0 aliphatic rings. The summed E-state index contributed by atoms with van der Waals surface area (Å²) in [7, 11) is 0. The molecule has 0 amide bonds. The van der Waals surface area contributed by atoms with Gasteiger partial charge in [-0.3, -0.25) is 9.59 Å². The Kier molecular flexibility index (Phi) is 4.94. The van der Waals surface area contributed by atoms with Crippen molar-refractivity contribution in [1.82, 2.24) is 0 Å². The summed E-state index contributed by atoms with van der Waals surface area (Å²) in [6, 6.07) is 0. The van der Waals surface area contributed by atoms with Crippen molar-refractivity contribution in [2.45, 2.75) is 13.8 Å². The van der Waals surface area contributed by atoms with Gasteiger partial charge in [-0.1, -0.05) is 0 Å². The second-order valence-corrected chi connectivity index (χ2v) is 2.46. The van der Waals surface area contributed by atoms with Crippen LogP contribution in [0.4, 0.5) is 0 Å². The average Bonchev–Trinajstić information content (AvgIpc) is 1.88. The average molecular weight is 176 g/mol. The summed E-state index contributed by atoms with van der Waals surface area (Å²) in [5, 5.41) is 0.